The lowest BCUT2D eigenvalue weighted by Gasteiger charge is -2.12. The molecule has 0 bridgehead atoms. The lowest BCUT2D eigenvalue weighted by Crippen LogP contribution is -2.38. The highest BCUT2D eigenvalue weighted by atomic mass is 127. The van der Waals surface area contributed by atoms with Crippen LogP contribution in [0.1, 0.15) is 30.9 Å². The molecule has 7 heteroatoms. The van der Waals surface area contributed by atoms with Crippen molar-refractivity contribution in [2.24, 2.45) is 10.9 Å². The van der Waals surface area contributed by atoms with Crippen molar-refractivity contribution < 1.29 is 9.47 Å². The normalized spacial score (nSPS) is 16.8. The van der Waals surface area contributed by atoms with Crippen molar-refractivity contribution in [3.63, 3.8) is 0 Å². The van der Waals surface area contributed by atoms with Gasteiger partial charge in [-0.3, -0.25) is 4.99 Å². The number of hydrogen-bond acceptors (Lipinski definition) is 3. The molecule has 1 saturated heterocycles. The molecule has 1 unspecified atom stereocenters. The molecule has 1 aliphatic heterocycles. The summed E-state index contributed by atoms with van der Waals surface area (Å²) in [5, 5.41) is 8.11. The van der Waals surface area contributed by atoms with Crippen molar-refractivity contribution in [2.45, 2.75) is 33.1 Å². The molecule has 1 aromatic carbocycles. The minimum atomic E-state index is 0. The van der Waals surface area contributed by atoms with Crippen LogP contribution in [0, 0.1) is 12.8 Å². The van der Waals surface area contributed by atoms with Gasteiger partial charge in [-0.05, 0) is 50.3 Å². The Morgan fingerprint density at radius 1 is 1.34 bits per heavy atom. The molecule has 3 rings (SSSR count). The number of aliphatic imine (C=N–C) groups is 1. The first-order chi connectivity index (χ1) is 13.8. The van der Waals surface area contributed by atoms with Gasteiger partial charge in [-0.2, -0.15) is 0 Å². The van der Waals surface area contributed by atoms with Crippen LogP contribution in [0.2, 0.25) is 0 Å². The topological polar surface area (TPSA) is 70.7 Å². The second-order valence-corrected chi connectivity index (χ2v) is 7.41. The lowest BCUT2D eigenvalue weighted by molar-refractivity contribution is 0.0893. The molecule has 1 fully saturated rings. The number of aromatic amines is 1. The Morgan fingerprint density at radius 3 is 3.03 bits per heavy atom. The number of ether oxygens (including phenoxy) is 2. The zero-order chi connectivity index (χ0) is 19.6. The summed E-state index contributed by atoms with van der Waals surface area (Å²) in [5.74, 6) is 1.46. The maximum atomic E-state index is 5.75. The third-order valence-corrected chi connectivity index (χ3v) is 5.12. The molecule has 0 aliphatic carbocycles. The predicted octanol–water partition coefficient (Wildman–Crippen LogP) is 3.64. The molecular formula is C22H35IN4O2. The van der Waals surface area contributed by atoms with Gasteiger partial charge in [-0.1, -0.05) is 12.1 Å². The minimum absolute atomic E-state index is 0. The molecule has 2 heterocycles. The second kappa shape index (κ2) is 13.1. The lowest BCUT2D eigenvalue weighted by atomic mass is 10.1. The van der Waals surface area contributed by atoms with Crippen LogP contribution in [0.4, 0.5) is 0 Å². The first-order valence-electron chi connectivity index (χ1n) is 10.5. The van der Waals surface area contributed by atoms with Gasteiger partial charge in [0.05, 0.1) is 13.2 Å². The van der Waals surface area contributed by atoms with Crippen molar-refractivity contribution in [2.75, 3.05) is 46.1 Å². The third-order valence-electron chi connectivity index (χ3n) is 5.12. The molecule has 1 aromatic heterocycles. The van der Waals surface area contributed by atoms with E-state index in [1.54, 1.807) is 0 Å². The number of guanidine groups is 1. The van der Waals surface area contributed by atoms with Crippen molar-refractivity contribution in [1.82, 2.24) is 15.6 Å². The summed E-state index contributed by atoms with van der Waals surface area (Å²) in [7, 11) is 0. The van der Waals surface area contributed by atoms with E-state index in [0.717, 1.165) is 71.3 Å². The number of H-pyrrole nitrogens is 1. The molecule has 0 spiro atoms. The van der Waals surface area contributed by atoms with Crippen LogP contribution in [-0.4, -0.2) is 57.0 Å². The van der Waals surface area contributed by atoms with Crippen LogP contribution in [0.25, 0.3) is 10.9 Å². The van der Waals surface area contributed by atoms with E-state index in [1.165, 1.54) is 22.0 Å². The number of halogens is 1. The zero-order valence-electron chi connectivity index (χ0n) is 17.6. The first kappa shape index (κ1) is 24.0. The zero-order valence-corrected chi connectivity index (χ0v) is 20.0. The second-order valence-electron chi connectivity index (χ2n) is 7.41. The quantitative estimate of drug-likeness (QED) is 0.196. The Kier molecular flexibility index (Phi) is 10.8. The summed E-state index contributed by atoms with van der Waals surface area (Å²) in [6, 6.07) is 6.39. The molecule has 1 aliphatic rings. The molecule has 162 valence electrons. The minimum Gasteiger partial charge on any atom is -0.381 e. The maximum absolute atomic E-state index is 5.75. The molecule has 0 saturated carbocycles. The van der Waals surface area contributed by atoms with Gasteiger partial charge in [-0.15, -0.1) is 24.0 Å². The van der Waals surface area contributed by atoms with Crippen LogP contribution in [0.15, 0.2) is 29.4 Å². The molecule has 0 amide bonds. The largest absolute Gasteiger partial charge is 0.381 e. The summed E-state index contributed by atoms with van der Waals surface area (Å²) in [6.45, 7) is 10.0. The van der Waals surface area contributed by atoms with E-state index in [-0.39, 0.29) is 24.0 Å². The first-order valence-corrected chi connectivity index (χ1v) is 10.5. The predicted molar refractivity (Wildman–Crippen MR) is 130 cm³/mol. The van der Waals surface area contributed by atoms with Gasteiger partial charge in [0, 0.05) is 55.9 Å². The van der Waals surface area contributed by atoms with E-state index in [1.807, 2.05) is 0 Å². The van der Waals surface area contributed by atoms with E-state index in [9.17, 15) is 0 Å². The summed E-state index contributed by atoms with van der Waals surface area (Å²) >= 11 is 0. The van der Waals surface area contributed by atoms with Crippen molar-refractivity contribution in [1.29, 1.82) is 0 Å². The van der Waals surface area contributed by atoms with Gasteiger partial charge in [-0.25, -0.2) is 0 Å². The standard InChI is InChI=1S/C22H34N4O2.HI/c1-3-23-22(24-10-5-12-27-15-18-9-13-28-16-18)25-11-8-19-14-26-20-7-4-6-17(2)21(19)20;/h4,6-7,14,18,26H,3,5,8-13,15-16H2,1-2H3,(H2,23,24,25);1H. The molecule has 1 atom stereocenters. The van der Waals surface area contributed by atoms with Crippen LogP contribution in [0.3, 0.4) is 0 Å². The number of rotatable bonds is 10. The van der Waals surface area contributed by atoms with Gasteiger partial charge < -0.3 is 25.1 Å². The number of benzene rings is 1. The van der Waals surface area contributed by atoms with Gasteiger partial charge in [0.15, 0.2) is 5.96 Å². The Balaban J connectivity index is 0.00000300. The van der Waals surface area contributed by atoms with Crippen LogP contribution >= 0.6 is 24.0 Å². The van der Waals surface area contributed by atoms with Crippen LogP contribution in [0.5, 0.6) is 0 Å². The van der Waals surface area contributed by atoms with Crippen molar-refractivity contribution in [3.8, 4) is 0 Å². The van der Waals surface area contributed by atoms with Crippen molar-refractivity contribution >= 4 is 40.8 Å². The van der Waals surface area contributed by atoms with E-state index < -0.39 is 0 Å². The highest BCUT2D eigenvalue weighted by molar-refractivity contribution is 14.0. The Hall–Kier alpha value is -1.32. The van der Waals surface area contributed by atoms with Gasteiger partial charge in [0.1, 0.15) is 0 Å². The summed E-state index contributed by atoms with van der Waals surface area (Å²) in [6.07, 6.45) is 5.15. The van der Waals surface area contributed by atoms with E-state index in [0.29, 0.717) is 5.92 Å². The molecular weight excluding hydrogens is 479 g/mol. The fourth-order valence-electron chi connectivity index (χ4n) is 3.63. The number of hydrogen-bond donors (Lipinski definition) is 3. The fourth-order valence-corrected chi connectivity index (χ4v) is 3.63. The summed E-state index contributed by atoms with van der Waals surface area (Å²) in [5.41, 5.74) is 3.87. The van der Waals surface area contributed by atoms with E-state index in [2.05, 4.69) is 58.9 Å². The van der Waals surface area contributed by atoms with Crippen LogP contribution < -0.4 is 10.6 Å². The molecule has 2 aromatic rings. The summed E-state index contributed by atoms with van der Waals surface area (Å²) < 4.78 is 11.1. The fraction of sp³-hybridized carbons (Fsp3) is 0.591. The number of nitrogens with zero attached hydrogens (tertiary/aromatic N) is 1. The Labute approximate surface area is 191 Å². The van der Waals surface area contributed by atoms with E-state index in [4.69, 9.17) is 9.47 Å². The number of nitrogens with one attached hydrogen (secondary N) is 3. The monoisotopic (exact) mass is 514 g/mol. The highest BCUT2D eigenvalue weighted by Crippen LogP contribution is 2.22. The van der Waals surface area contributed by atoms with Gasteiger partial charge >= 0.3 is 0 Å². The van der Waals surface area contributed by atoms with Crippen molar-refractivity contribution in [3.05, 3.63) is 35.5 Å². The number of aryl methyl sites for hydroxylation is 1. The summed E-state index contributed by atoms with van der Waals surface area (Å²) in [4.78, 5) is 8.03. The van der Waals surface area contributed by atoms with Crippen LogP contribution in [-0.2, 0) is 15.9 Å². The molecule has 6 nitrogen and oxygen atoms in total. The molecule has 0 radical (unpaired) electrons. The molecule has 29 heavy (non-hydrogen) atoms. The van der Waals surface area contributed by atoms with Gasteiger partial charge in [0.2, 0.25) is 0 Å². The van der Waals surface area contributed by atoms with Gasteiger partial charge in [0.25, 0.3) is 0 Å². The highest BCUT2D eigenvalue weighted by Gasteiger charge is 2.15. The SMILES string of the molecule is CCNC(=NCCCOCC1CCOC1)NCCc1c[nH]c2cccc(C)c12.I. The average molecular weight is 514 g/mol. The smallest absolute Gasteiger partial charge is 0.191 e. The number of fused-ring (bicyclic) bond motifs is 1. The maximum Gasteiger partial charge on any atom is 0.191 e. The average Bonchev–Trinajstić information content (AvgIpc) is 3.35. The molecule has 3 N–H and O–H groups in total. The number of aromatic nitrogens is 1. The Bertz CT molecular complexity index is 756. The third kappa shape index (κ3) is 7.46. The Morgan fingerprint density at radius 2 is 2.24 bits per heavy atom. The van der Waals surface area contributed by atoms with E-state index >= 15 is 0 Å².